The minimum Gasteiger partial charge on any atom is -0.325 e. The maximum Gasteiger partial charge on any atom is 0.332 e. The summed E-state index contributed by atoms with van der Waals surface area (Å²) in [6.07, 6.45) is 0. The highest BCUT2D eigenvalue weighted by Crippen LogP contribution is 2.25. The summed E-state index contributed by atoms with van der Waals surface area (Å²) >= 11 is 1.14. The predicted octanol–water partition coefficient (Wildman–Crippen LogP) is 2.62. The van der Waals surface area contributed by atoms with Crippen molar-refractivity contribution in [1.82, 2.24) is 28.3 Å². The quantitative estimate of drug-likeness (QED) is 0.344. The lowest BCUT2D eigenvalue weighted by atomic mass is 10.1. The van der Waals surface area contributed by atoms with Gasteiger partial charge < -0.3 is 5.32 Å². The molecular weight excluding hydrogens is 497 g/mol. The van der Waals surface area contributed by atoms with Crippen LogP contribution < -0.4 is 16.6 Å². The molecule has 10 nitrogen and oxygen atoms in total. The van der Waals surface area contributed by atoms with Gasteiger partial charge >= 0.3 is 5.69 Å². The number of thioether (sulfide) groups is 1. The highest BCUT2D eigenvalue weighted by Gasteiger charge is 2.24. The molecule has 3 heterocycles. The van der Waals surface area contributed by atoms with Gasteiger partial charge in [-0.3, -0.25) is 23.3 Å². The number of carbonyl (C=O) groups is 1. The van der Waals surface area contributed by atoms with E-state index in [0.717, 1.165) is 38.7 Å². The molecule has 5 rings (SSSR count). The number of anilines is 1. The van der Waals surface area contributed by atoms with Crippen molar-refractivity contribution in [3.8, 4) is 0 Å². The molecule has 0 unspecified atom stereocenters. The number of hydrogen-bond acceptors (Lipinski definition) is 6. The molecule has 5 aromatic rings. The maximum absolute atomic E-state index is 13.5. The van der Waals surface area contributed by atoms with Crippen LogP contribution in [0, 0.1) is 19.7 Å². The van der Waals surface area contributed by atoms with E-state index in [1.54, 1.807) is 28.1 Å². The molecular formula is C25H24FN7O3S. The molecule has 0 aliphatic rings. The minimum absolute atomic E-state index is 0.0392. The maximum atomic E-state index is 13.5. The van der Waals surface area contributed by atoms with Crippen molar-refractivity contribution in [2.45, 2.75) is 25.5 Å². The number of hydrogen-bond donors (Lipinski definition) is 1. The number of aryl methyl sites for hydroxylation is 3. The molecule has 0 aliphatic heterocycles. The summed E-state index contributed by atoms with van der Waals surface area (Å²) in [7, 11) is 2.97. The van der Waals surface area contributed by atoms with Gasteiger partial charge in [0.25, 0.3) is 5.56 Å². The van der Waals surface area contributed by atoms with E-state index in [9.17, 15) is 18.8 Å². The number of imidazole rings is 1. The first-order valence-corrected chi connectivity index (χ1v) is 12.4. The zero-order valence-electron chi connectivity index (χ0n) is 20.6. The number of nitrogens with one attached hydrogen (secondary N) is 1. The summed E-state index contributed by atoms with van der Waals surface area (Å²) in [5.74, 6) is -0.231. The number of aromatic nitrogens is 6. The molecule has 1 N–H and O–H groups in total. The molecule has 0 bridgehead atoms. The molecule has 12 heteroatoms. The second kappa shape index (κ2) is 9.36. The monoisotopic (exact) mass is 521 g/mol. The highest BCUT2D eigenvalue weighted by atomic mass is 32.2. The lowest BCUT2D eigenvalue weighted by Crippen LogP contribution is -2.37. The zero-order valence-corrected chi connectivity index (χ0v) is 21.5. The van der Waals surface area contributed by atoms with Crippen LogP contribution in [0.15, 0.2) is 57.2 Å². The van der Waals surface area contributed by atoms with Crippen molar-refractivity contribution < 1.29 is 9.18 Å². The average Bonchev–Trinajstić information content (AvgIpc) is 3.42. The van der Waals surface area contributed by atoms with Gasteiger partial charge in [-0.2, -0.15) is 0 Å². The van der Waals surface area contributed by atoms with E-state index in [2.05, 4.69) is 15.5 Å². The lowest BCUT2D eigenvalue weighted by Gasteiger charge is -2.09. The molecule has 2 aromatic carbocycles. The lowest BCUT2D eigenvalue weighted by molar-refractivity contribution is -0.113. The van der Waals surface area contributed by atoms with Crippen LogP contribution in [0.4, 0.5) is 10.1 Å². The third kappa shape index (κ3) is 4.33. The fraction of sp³-hybridized carbons (Fsp3) is 0.240. The molecule has 0 radical (unpaired) electrons. The number of amides is 1. The zero-order chi connectivity index (χ0) is 26.4. The van der Waals surface area contributed by atoms with Gasteiger partial charge in [0.15, 0.2) is 16.3 Å². The average molecular weight is 522 g/mol. The Kier molecular flexibility index (Phi) is 6.20. The van der Waals surface area contributed by atoms with Crippen molar-refractivity contribution in [2.75, 3.05) is 11.1 Å². The summed E-state index contributed by atoms with van der Waals surface area (Å²) in [5, 5.41) is 11.8. The van der Waals surface area contributed by atoms with E-state index < -0.39 is 11.2 Å². The van der Waals surface area contributed by atoms with Gasteiger partial charge in [0.05, 0.1) is 12.3 Å². The van der Waals surface area contributed by atoms with Crippen LogP contribution in [-0.2, 0) is 25.4 Å². The number of rotatable bonds is 6. The molecule has 0 saturated carbocycles. The Labute approximate surface area is 214 Å². The molecule has 3 aromatic heterocycles. The van der Waals surface area contributed by atoms with Crippen LogP contribution in [0.25, 0.3) is 16.9 Å². The predicted molar refractivity (Wildman–Crippen MR) is 140 cm³/mol. The third-order valence-corrected chi connectivity index (χ3v) is 7.12. The first-order chi connectivity index (χ1) is 17.7. The number of fused-ring (bicyclic) bond motifs is 3. The van der Waals surface area contributed by atoms with Crippen molar-refractivity contribution in [3.05, 3.63) is 85.8 Å². The first-order valence-electron chi connectivity index (χ1n) is 11.4. The molecule has 37 heavy (non-hydrogen) atoms. The molecule has 1 amide bonds. The number of carbonyl (C=O) groups excluding carboxylic acids is 1. The molecule has 0 spiro atoms. The van der Waals surface area contributed by atoms with Crippen molar-refractivity contribution in [3.63, 3.8) is 0 Å². The Morgan fingerprint density at radius 1 is 1.03 bits per heavy atom. The fourth-order valence-corrected chi connectivity index (χ4v) is 5.04. The van der Waals surface area contributed by atoms with Crippen LogP contribution in [-0.4, -0.2) is 40.0 Å². The Hall–Kier alpha value is -4.19. The third-order valence-electron chi connectivity index (χ3n) is 6.19. The Morgan fingerprint density at radius 3 is 2.46 bits per heavy atom. The minimum atomic E-state index is -0.504. The fourth-order valence-electron chi connectivity index (χ4n) is 4.32. The van der Waals surface area contributed by atoms with Crippen molar-refractivity contribution >= 4 is 40.3 Å². The summed E-state index contributed by atoms with van der Waals surface area (Å²) in [6.45, 7) is 4.11. The van der Waals surface area contributed by atoms with Gasteiger partial charge in [0.1, 0.15) is 5.82 Å². The van der Waals surface area contributed by atoms with Crippen LogP contribution in [0.3, 0.4) is 0 Å². The standard InChI is InChI=1S/C25H24FN7O3S/c1-14-5-10-18(15(2)11-14)27-19(34)13-37-24-29-28-23-32(12-16-6-8-17(26)9-7-16)20-21(33(23)24)30(3)25(36)31(4)22(20)35/h5-11H,12-13H2,1-4H3,(H,27,34). The van der Waals surface area contributed by atoms with Gasteiger partial charge in [-0.25, -0.2) is 13.6 Å². The Morgan fingerprint density at radius 2 is 1.76 bits per heavy atom. The SMILES string of the molecule is Cc1ccc(NC(=O)CSc2nnc3n(Cc4ccc(F)cc4)c4c(=O)n(C)c(=O)n(C)c4n23)c(C)c1. The molecule has 0 fully saturated rings. The summed E-state index contributed by atoms with van der Waals surface area (Å²) in [6, 6.07) is 11.7. The first kappa shape index (κ1) is 24.5. The van der Waals surface area contributed by atoms with Crippen molar-refractivity contribution in [1.29, 1.82) is 0 Å². The second-order valence-corrected chi connectivity index (χ2v) is 9.81. The second-order valence-electron chi connectivity index (χ2n) is 8.86. The van der Waals surface area contributed by atoms with Crippen LogP contribution in [0.1, 0.15) is 16.7 Å². The van der Waals surface area contributed by atoms with Gasteiger partial charge in [0.2, 0.25) is 11.7 Å². The summed E-state index contributed by atoms with van der Waals surface area (Å²) < 4.78 is 19.1. The van der Waals surface area contributed by atoms with Gasteiger partial charge in [0, 0.05) is 19.8 Å². The number of nitrogens with zero attached hydrogens (tertiary/aromatic N) is 6. The Balaban J connectivity index is 1.56. The van der Waals surface area contributed by atoms with E-state index >= 15 is 0 Å². The van der Waals surface area contributed by atoms with E-state index in [0.29, 0.717) is 16.6 Å². The highest BCUT2D eigenvalue weighted by molar-refractivity contribution is 7.99. The number of benzene rings is 2. The molecule has 0 aliphatic carbocycles. The summed E-state index contributed by atoms with van der Waals surface area (Å²) in [5.41, 5.74) is 3.09. The van der Waals surface area contributed by atoms with E-state index in [4.69, 9.17) is 0 Å². The van der Waals surface area contributed by atoms with E-state index in [-0.39, 0.29) is 29.5 Å². The molecule has 190 valence electrons. The van der Waals surface area contributed by atoms with Gasteiger partial charge in [-0.15, -0.1) is 10.2 Å². The largest absolute Gasteiger partial charge is 0.332 e. The van der Waals surface area contributed by atoms with Gasteiger partial charge in [-0.1, -0.05) is 41.6 Å². The normalized spacial score (nSPS) is 11.5. The van der Waals surface area contributed by atoms with Crippen LogP contribution in [0.5, 0.6) is 0 Å². The smallest absolute Gasteiger partial charge is 0.325 e. The van der Waals surface area contributed by atoms with Crippen molar-refractivity contribution in [2.24, 2.45) is 14.1 Å². The number of halogens is 1. The van der Waals surface area contributed by atoms with E-state index in [1.807, 2.05) is 32.0 Å². The van der Waals surface area contributed by atoms with Crippen LogP contribution in [0.2, 0.25) is 0 Å². The Bertz CT molecular complexity index is 1800. The van der Waals surface area contributed by atoms with Gasteiger partial charge in [-0.05, 0) is 43.2 Å². The van der Waals surface area contributed by atoms with E-state index in [1.165, 1.54) is 23.7 Å². The topological polar surface area (TPSA) is 108 Å². The molecule has 0 atom stereocenters. The summed E-state index contributed by atoms with van der Waals surface area (Å²) in [4.78, 5) is 38.7. The van der Waals surface area contributed by atoms with Crippen LogP contribution >= 0.6 is 11.8 Å². The molecule has 0 saturated heterocycles.